The van der Waals surface area contributed by atoms with Crippen LogP contribution in [0.5, 0.6) is 0 Å². The quantitative estimate of drug-likeness (QED) is 0.645. The molecule has 0 radical (unpaired) electrons. The first-order chi connectivity index (χ1) is 7.79. The minimum absolute atomic E-state index is 0.0320. The Balaban J connectivity index is 2.75. The maximum absolute atomic E-state index is 10.8. The molecule has 1 rings (SSSR count). The Kier molecular flexibility index (Phi) is 4.04. The molecule has 94 valence electrons. The van der Waals surface area contributed by atoms with Crippen LogP contribution in [-0.2, 0) is 0 Å². The van der Waals surface area contributed by atoms with Gasteiger partial charge in [0, 0.05) is 18.3 Å². The molecule has 1 N–H and O–H groups in total. The lowest BCUT2D eigenvalue weighted by atomic mass is 9.92. The minimum atomic E-state index is -0.411. The van der Waals surface area contributed by atoms with E-state index in [2.05, 4.69) is 31.1 Å². The van der Waals surface area contributed by atoms with E-state index >= 15 is 0 Å². The van der Waals surface area contributed by atoms with Crippen molar-refractivity contribution in [2.75, 3.05) is 11.9 Å². The molecule has 0 saturated heterocycles. The molecular formula is C12H19N3O2. The molecule has 0 aliphatic rings. The summed E-state index contributed by atoms with van der Waals surface area (Å²) in [6.07, 6.45) is 0.930. The van der Waals surface area contributed by atoms with E-state index in [1.165, 1.54) is 6.07 Å². The smallest absolute Gasteiger partial charge is 0.311 e. The van der Waals surface area contributed by atoms with Gasteiger partial charge in [0.25, 0.3) is 0 Å². The number of aryl methyl sites for hydroxylation is 1. The molecular weight excluding hydrogens is 218 g/mol. The summed E-state index contributed by atoms with van der Waals surface area (Å²) in [7, 11) is 0. The molecule has 0 spiro atoms. The van der Waals surface area contributed by atoms with E-state index in [0.717, 1.165) is 12.1 Å². The zero-order chi connectivity index (χ0) is 13.1. The number of hydrogen-bond acceptors (Lipinski definition) is 4. The first kappa shape index (κ1) is 13.4. The number of hydrogen-bond donors (Lipinski definition) is 1. The van der Waals surface area contributed by atoms with E-state index in [4.69, 9.17) is 0 Å². The normalized spacial score (nSPS) is 11.3. The third-order valence-electron chi connectivity index (χ3n) is 2.38. The third-order valence-corrected chi connectivity index (χ3v) is 2.38. The minimum Gasteiger partial charge on any atom is -0.364 e. The number of anilines is 1. The van der Waals surface area contributed by atoms with Crippen molar-refractivity contribution in [3.63, 3.8) is 0 Å². The summed E-state index contributed by atoms with van der Waals surface area (Å²) in [6.45, 7) is 8.89. The van der Waals surface area contributed by atoms with Gasteiger partial charge >= 0.3 is 5.69 Å². The first-order valence-corrected chi connectivity index (χ1v) is 5.65. The van der Waals surface area contributed by atoms with Crippen molar-refractivity contribution in [1.29, 1.82) is 0 Å². The van der Waals surface area contributed by atoms with Gasteiger partial charge in [-0.1, -0.05) is 20.8 Å². The molecule has 0 aliphatic carbocycles. The molecule has 5 nitrogen and oxygen atoms in total. The fourth-order valence-electron chi connectivity index (χ4n) is 1.38. The second kappa shape index (κ2) is 5.12. The average molecular weight is 237 g/mol. The summed E-state index contributed by atoms with van der Waals surface area (Å²) in [4.78, 5) is 14.6. The van der Waals surface area contributed by atoms with E-state index in [0.29, 0.717) is 12.4 Å². The largest absolute Gasteiger partial charge is 0.364 e. The Labute approximate surface area is 101 Å². The van der Waals surface area contributed by atoms with Crippen molar-refractivity contribution >= 4 is 11.5 Å². The zero-order valence-corrected chi connectivity index (χ0v) is 10.8. The summed E-state index contributed by atoms with van der Waals surface area (Å²) in [5.74, 6) is 0.360. The van der Waals surface area contributed by atoms with E-state index in [1.807, 2.05) is 6.92 Å². The Bertz CT molecular complexity index is 411. The molecule has 1 heterocycles. The lowest BCUT2D eigenvalue weighted by Gasteiger charge is -2.18. The second-order valence-corrected chi connectivity index (χ2v) is 5.31. The van der Waals surface area contributed by atoms with Gasteiger partial charge in [0.15, 0.2) is 0 Å². The topological polar surface area (TPSA) is 68.1 Å². The molecule has 0 unspecified atom stereocenters. The fourth-order valence-corrected chi connectivity index (χ4v) is 1.38. The van der Waals surface area contributed by atoms with Crippen LogP contribution in [0.3, 0.4) is 0 Å². The molecule has 0 amide bonds. The predicted molar refractivity (Wildman–Crippen MR) is 68.2 cm³/mol. The standard InChI is InChI=1S/C12H19N3O2/c1-9-5-6-10(15(16)17)11(14-9)13-8-7-12(2,3)4/h5-6H,7-8H2,1-4H3,(H,13,14). The number of nitrogens with one attached hydrogen (secondary N) is 1. The van der Waals surface area contributed by atoms with Gasteiger partial charge in [0.05, 0.1) is 4.92 Å². The van der Waals surface area contributed by atoms with Crippen molar-refractivity contribution in [2.24, 2.45) is 5.41 Å². The van der Waals surface area contributed by atoms with Gasteiger partial charge in [-0.15, -0.1) is 0 Å². The molecule has 0 saturated carbocycles. The van der Waals surface area contributed by atoms with E-state index < -0.39 is 4.92 Å². The third kappa shape index (κ3) is 4.38. The molecule has 0 bridgehead atoms. The van der Waals surface area contributed by atoms with Crippen LogP contribution in [0.25, 0.3) is 0 Å². The Morgan fingerprint density at radius 3 is 2.59 bits per heavy atom. The van der Waals surface area contributed by atoms with Crippen LogP contribution in [0, 0.1) is 22.5 Å². The van der Waals surface area contributed by atoms with Gasteiger partial charge in [0.1, 0.15) is 0 Å². The lowest BCUT2D eigenvalue weighted by molar-refractivity contribution is -0.384. The second-order valence-electron chi connectivity index (χ2n) is 5.31. The van der Waals surface area contributed by atoms with Gasteiger partial charge in [-0.3, -0.25) is 10.1 Å². The molecule has 0 aliphatic heterocycles. The van der Waals surface area contributed by atoms with Crippen LogP contribution in [0.2, 0.25) is 0 Å². The molecule has 1 aromatic heterocycles. The first-order valence-electron chi connectivity index (χ1n) is 5.65. The van der Waals surface area contributed by atoms with Crippen molar-refractivity contribution in [3.8, 4) is 0 Å². The Morgan fingerprint density at radius 2 is 2.06 bits per heavy atom. The summed E-state index contributed by atoms with van der Waals surface area (Å²) in [5.41, 5.74) is 1.00. The van der Waals surface area contributed by atoms with Gasteiger partial charge in [-0.25, -0.2) is 4.98 Å². The van der Waals surface area contributed by atoms with Gasteiger partial charge in [-0.2, -0.15) is 0 Å². The zero-order valence-electron chi connectivity index (χ0n) is 10.8. The molecule has 0 atom stereocenters. The van der Waals surface area contributed by atoms with Crippen molar-refractivity contribution < 1.29 is 4.92 Å². The van der Waals surface area contributed by atoms with Crippen molar-refractivity contribution in [1.82, 2.24) is 4.98 Å². The fraction of sp³-hybridized carbons (Fsp3) is 0.583. The molecule has 17 heavy (non-hydrogen) atoms. The maximum atomic E-state index is 10.8. The number of aromatic nitrogens is 1. The highest BCUT2D eigenvalue weighted by atomic mass is 16.6. The van der Waals surface area contributed by atoms with Crippen LogP contribution in [0.15, 0.2) is 12.1 Å². The highest BCUT2D eigenvalue weighted by Gasteiger charge is 2.16. The highest BCUT2D eigenvalue weighted by Crippen LogP contribution is 2.23. The Hall–Kier alpha value is -1.65. The number of pyridine rings is 1. The van der Waals surface area contributed by atoms with Crippen molar-refractivity contribution in [2.45, 2.75) is 34.1 Å². The SMILES string of the molecule is Cc1ccc([N+](=O)[O-])c(NCCC(C)(C)C)n1. The Morgan fingerprint density at radius 1 is 1.41 bits per heavy atom. The van der Waals surface area contributed by atoms with Crippen LogP contribution < -0.4 is 5.32 Å². The molecule has 0 aromatic carbocycles. The average Bonchev–Trinajstić information content (AvgIpc) is 2.15. The molecule has 1 aromatic rings. The monoisotopic (exact) mass is 237 g/mol. The van der Waals surface area contributed by atoms with E-state index in [9.17, 15) is 10.1 Å². The lowest BCUT2D eigenvalue weighted by Crippen LogP contribution is -2.14. The number of nitro groups is 1. The van der Waals surface area contributed by atoms with E-state index in [1.54, 1.807) is 6.07 Å². The van der Waals surface area contributed by atoms with Crippen LogP contribution in [0.1, 0.15) is 32.9 Å². The number of rotatable bonds is 4. The van der Waals surface area contributed by atoms with Crippen LogP contribution >= 0.6 is 0 Å². The van der Waals surface area contributed by atoms with Crippen LogP contribution in [0.4, 0.5) is 11.5 Å². The summed E-state index contributed by atoms with van der Waals surface area (Å²) in [6, 6.07) is 3.13. The van der Waals surface area contributed by atoms with Gasteiger partial charge in [-0.05, 0) is 24.8 Å². The molecule has 5 heteroatoms. The summed E-state index contributed by atoms with van der Waals surface area (Å²) in [5, 5.41) is 13.9. The van der Waals surface area contributed by atoms with E-state index in [-0.39, 0.29) is 11.1 Å². The summed E-state index contributed by atoms with van der Waals surface area (Å²) >= 11 is 0. The van der Waals surface area contributed by atoms with Gasteiger partial charge < -0.3 is 5.32 Å². The predicted octanol–water partition coefficient (Wildman–Crippen LogP) is 3.15. The van der Waals surface area contributed by atoms with Crippen molar-refractivity contribution in [3.05, 3.63) is 27.9 Å². The van der Waals surface area contributed by atoms with Gasteiger partial charge in [0.2, 0.25) is 5.82 Å². The summed E-state index contributed by atoms with van der Waals surface area (Å²) < 4.78 is 0. The molecule has 0 fully saturated rings. The number of nitrogens with zero attached hydrogens (tertiary/aromatic N) is 2. The van der Waals surface area contributed by atoms with Crippen LogP contribution in [-0.4, -0.2) is 16.5 Å². The highest BCUT2D eigenvalue weighted by molar-refractivity contribution is 5.55. The maximum Gasteiger partial charge on any atom is 0.311 e.